The number of carbonyl (C=O) groups excluding carboxylic acids is 1. The Morgan fingerprint density at radius 2 is 2.10 bits per heavy atom. The fraction of sp³-hybridized carbons (Fsp3) is 0.929. The molecule has 0 radical (unpaired) electrons. The summed E-state index contributed by atoms with van der Waals surface area (Å²) >= 11 is 0. The van der Waals surface area contributed by atoms with E-state index in [1.54, 1.807) is 0 Å². The molecule has 0 spiro atoms. The van der Waals surface area contributed by atoms with Gasteiger partial charge >= 0.3 is 0 Å². The van der Waals surface area contributed by atoms with Gasteiger partial charge in [-0.3, -0.25) is 4.79 Å². The zero-order valence-corrected chi connectivity index (χ0v) is 12.5. The van der Waals surface area contributed by atoms with Crippen LogP contribution in [0.2, 0.25) is 0 Å². The molecule has 2 heterocycles. The highest BCUT2D eigenvalue weighted by molar-refractivity contribution is 5.83. The standard InChI is InChI=1S/C14H27N3O3/c1-16(2)8-11-7-12(18)9-17(11)13(19)14(10-15)3-5-20-6-4-14/h11-12,18H,3-10,15H2,1-2H3. The van der Waals surface area contributed by atoms with E-state index in [0.717, 1.165) is 6.54 Å². The molecule has 2 atom stereocenters. The number of amides is 1. The lowest BCUT2D eigenvalue weighted by Crippen LogP contribution is -2.53. The Kier molecular flexibility index (Phi) is 5.01. The topological polar surface area (TPSA) is 79.0 Å². The minimum atomic E-state index is -0.493. The Hall–Kier alpha value is -0.690. The molecule has 0 aromatic carbocycles. The summed E-state index contributed by atoms with van der Waals surface area (Å²) in [5, 5.41) is 9.92. The van der Waals surface area contributed by atoms with Crippen molar-refractivity contribution < 1.29 is 14.6 Å². The number of hydrogen-bond donors (Lipinski definition) is 2. The highest BCUT2D eigenvalue weighted by atomic mass is 16.5. The number of aliphatic hydroxyl groups excluding tert-OH is 1. The maximum absolute atomic E-state index is 13.0. The van der Waals surface area contributed by atoms with E-state index in [2.05, 4.69) is 4.90 Å². The van der Waals surface area contributed by atoms with Gasteiger partial charge in [0, 0.05) is 38.9 Å². The first-order valence-corrected chi connectivity index (χ1v) is 7.40. The summed E-state index contributed by atoms with van der Waals surface area (Å²) in [6.45, 7) is 2.76. The van der Waals surface area contributed by atoms with Gasteiger partial charge in [-0.1, -0.05) is 0 Å². The normalized spacial score (nSPS) is 29.9. The Morgan fingerprint density at radius 1 is 1.45 bits per heavy atom. The molecule has 2 rings (SSSR count). The van der Waals surface area contributed by atoms with Crippen molar-refractivity contribution in [2.75, 3.05) is 46.9 Å². The van der Waals surface area contributed by atoms with Crippen molar-refractivity contribution in [3.05, 3.63) is 0 Å². The van der Waals surface area contributed by atoms with Gasteiger partial charge in [0.2, 0.25) is 5.91 Å². The van der Waals surface area contributed by atoms with Crippen LogP contribution in [-0.4, -0.2) is 79.9 Å². The number of nitrogens with zero attached hydrogens (tertiary/aromatic N) is 2. The van der Waals surface area contributed by atoms with Crippen LogP contribution in [0.15, 0.2) is 0 Å². The number of likely N-dealkylation sites (N-methyl/N-ethyl adjacent to an activating group) is 1. The second kappa shape index (κ2) is 6.39. The number of nitrogens with two attached hydrogens (primary N) is 1. The zero-order chi connectivity index (χ0) is 14.8. The Morgan fingerprint density at radius 3 is 2.65 bits per heavy atom. The zero-order valence-electron chi connectivity index (χ0n) is 12.5. The predicted octanol–water partition coefficient (Wildman–Crippen LogP) is -0.735. The van der Waals surface area contributed by atoms with Gasteiger partial charge in [-0.2, -0.15) is 0 Å². The molecule has 1 amide bonds. The molecule has 3 N–H and O–H groups in total. The molecule has 20 heavy (non-hydrogen) atoms. The van der Waals surface area contributed by atoms with E-state index in [1.807, 2.05) is 19.0 Å². The van der Waals surface area contributed by atoms with Gasteiger partial charge in [0.1, 0.15) is 0 Å². The van der Waals surface area contributed by atoms with E-state index in [-0.39, 0.29) is 11.9 Å². The minimum absolute atomic E-state index is 0.0822. The van der Waals surface area contributed by atoms with E-state index in [0.29, 0.717) is 45.6 Å². The van der Waals surface area contributed by atoms with Gasteiger partial charge in [-0.15, -0.1) is 0 Å². The SMILES string of the molecule is CN(C)CC1CC(O)CN1C(=O)C1(CN)CCOCC1. The first kappa shape index (κ1) is 15.7. The van der Waals surface area contributed by atoms with Crippen molar-refractivity contribution in [1.82, 2.24) is 9.80 Å². The molecule has 2 saturated heterocycles. The highest BCUT2D eigenvalue weighted by Crippen LogP contribution is 2.34. The second-order valence-electron chi connectivity index (χ2n) is 6.36. The van der Waals surface area contributed by atoms with E-state index in [9.17, 15) is 9.90 Å². The molecule has 6 nitrogen and oxygen atoms in total. The summed E-state index contributed by atoms with van der Waals surface area (Å²) in [7, 11) is 3.97. The lowest BCUT2D eigenvalue weighted by molar-refractivity contribution is -0.148. The van der Waals surface area contributed by atoms with Crippen molar-refractivity contribution >= 4 is 5.91 Å². The van der Waals surface area contributed by atoms with Crippen LogP contribution in [0, 0.1) is 5.41 Å². The van der Waals surface area contributed by atoms with Gasteiger partial charge in [0.05, 0.1) is 11.5 Å². The molecule has 0 aromatic heterocycles. The van der Waals surface area contributed by atoms with Crippen molar-refractivity contribution in [1.29, 1.82) is 0 Å². The van der Waals surface area contributed by atoms with Crippen LogP contribution in [0.25, 0.3) is 0 Å². The number of carbonyl (C=O) groups is 1. The van der Waals surface area contributed by atoms with Crippen LogP contribution in [0.1, 0.15) is 19.3 Å². The molecule has 0 saturated carbocycles. The summed E-state index contributed by atoms with van der Waals surface area (Å²) in [5.74, 6) is 0.103. The molecule has 0 aliphatic carbocycles. The van der Waals surface area contributed by atoms with Gasteiger partial charge in [0.25, 0.3) is 0 Å². The minimum Gasteiger partial charge on any atom is -0.391 e. The van der Waals surface area contributed by atoms with Gasteiger partial charge < -0.3 is 25.4 Å². The first-order chi connectivity index (χ1) is 9.48. The maximum Gasteiger partial charge on any atom is 0.230 e. The third-order valence-electron chi connectivity index (χ3n) is 4.52. The quantitative estimate of drug-likeness (QED) is 0.712. The largest absolute Gasteiger partial charge is 0.391 e. The fourth-order valence-electron chi connectivity index (χ4n) is 3.31. The smallest absolute Gasteiger partial charge is 0.230 e. The molecule has 6 heteroatoms. The van der Waals surface area contributed by atoms with E-state index >= 15 is 0 Å². The first-order valence-electron chi connectivity index (χ1n) is 7.40. The molecule has 116 valence electrons. The molecule has 2 unspecified atom stereocenters. The summed E-state index contributed by atoms with van der Waals surface area (Å²) in [6.07, 6.45) is 1.60. The molecule has 2 aliphatic rings. The van der Waals surface area contributed by atoms with E-state index < -0.39 is 11.5 Å². The van der Waals surface area contributed by atoms with Gasteiger partial charge in [0.15, 0.2) is 0 Å². The van der Waals surface area contributed by atoms with Crippen LogP contribution in [0.4, 0.5) is 0 Å². The molecule has 2 fully saturated rings. The molecule has 0 aromatic rings. The molecule has 2 aliphatic heterocycles. The average molecular weight is 285 g/mol. The van der Waals surface area contributed by atoms with Crippen molar-refractivity contribution in [2.45, 2.75) is 31.4 Å². The number of aliphatic hydroxyl groups is 1. The molecule has 0 bridgehead atoms. The van der Waals surface area contributed by atoms with Crippen LogP contribution in [0.5, 0.6) is 0 Å². The maximum atomic E-state index is 13.0. The summed E-state index contributed by atoms with van der Waals surface area (Å²) in [5.41, 5.74) is 5.42. The Bertz CT molecular complexity index is 343. The average Bonchev–Trinajstić information content (AvgIpc) is 2.78. The van der Waals surface area contributed by atoms with Crippen LogP contribution in [-0.2, 0) is 9.53 Å². The van der Waals surface area contributed by atoms with Crippen LogP contribution >= 0.6 is 0 Å². The highest BCUT2D eigenvalue weighted by Gasteiger charge is 2.45. The lowest BCUT2D eigenvalue weighted by atomic mass is 9.78. The Balaban J connectivity index is 2.12. The van der Waals surface area contributed by atoms with E-state index in [1.165, 1.54) is 0 Å². The Labute approximate surface area is 120 Å². The third-order valence-corrected chi connectivity index (χ3v) is 4.52. The van der Waals surface area contributed by atoms with Crippen LogP contribution < -0.4 is 5.73 Å². The predicted molar refractivity (Wildman–Crippen MR) is 76.2 cm³/mol. The van der Waals surface area contributed by atoms with Crippen molar-refractivity contribution in [3.63, 3.8) is 0 Å². The number of β-amino-alcohol motifs (C(OH)–C–C–N with tert-alkyl or cyclic N) is 1. The number of ether oxygens (including phenoxy) is 1. The van der Waals surface area contributed by atoms with Gasteiger partial charge in [-0.25, -0.2) is 0 Å². The molecular weight excluding hydrogens is 258 g/mol. The number of hydrogen-bond acceptors (Lipinski definition) is 5. The summed E-state index contributed by atoms with van der Waals surface area (Å²) < 4.78 is 5.37. The summed E-state index contributed by atoms with van der Waals surface area (Å²) in [4.78, 5) is 16.9. The summed E-state index contributed by atoms with van der Waals surface area (Å²) in [6, 6.07) is 0.0822. The second-order valence-corrected chi connectivity index (χ2v) is 6.36. The van der Waals surface area contributed by atoms with E-state index in [4.69, 9.17) is 10.5 Å². The molecular formula is C14H27N3O3. The monoisotopic (exact) mass is 285 g/mol. The van der Waals surface area contributed by atoms with Crippen molar-refractivity contribution in [2.24, 2.45) is 11.1 Å². The van der Waals surface area contributed by atoms with Gasteiger partial charge in [-0.05, 0) is 33.4 Å². The lowest BCUT2D eigenvalue weighted by Gasteiger charge is -2.40. The number of rotatable bonds is 4. The van der Waals surface area contributed by atoms with Crippen molar-refractivity contribution in [3.8, 4) is 0 Å². The van der Waals surface area contributed by atoms with Crippen LogP contribution in [0.3, 0.4) is 0 Å². The fourth-order valence-corrected chi connectivity index (χ4v) is 3.31. The third kappa shape index (κ3) is 3.14. The number of likely N-dealkylation sites (tertiary alicyclic amines) is 1.